The molecule has 94 valence electrons. The zero-order chi connectivity index (χ0) is 12.5. The monoisotopic (exact) mass is 309 g/mol. The lowest BCUT2D eigenvalue weighted by atomic mass is 10.2. The Kier molecular flexibility index (Phi) is 2.91. The van der Waals surface area contributed by atoms with Gasteiger partial charge in [0.15, 0.2) is 11.5 Å². The highest BCUT2D eigenvalue weighted by atomic mass is 79.9. The molecule has 0 saturated carbocycles. The Balaban J connectivity index is 1.77. The van der Waals surface area contributed by atoms with Crippen molar-refractivity contribution in [2.75, 3.05) is 11.9 Å². The zero-order valence-electron chi connectivity index (χ0n) is 9.56. The van der Waals surface area contributed by atoms with Crippen LogP contribution in [0.2, 0.25) is 0 Å². The number of carbonyl (C=O) groups excluding carboxylic acids is 1. The lowest BCUT2D eigenvalue weighted by molar-refractivity contribution is -0.119. The molecule has 18 heavy (non-hydrogen) atoms. The minimum absolute atomic E-state index is 0.120. The van der Waals surface area contributed by atoms with E-state index < -0.39 is 0 Å². The standard InChI is InChI=1S/C11H12BrN5O/c12-8-6-17-4-3-13-11(17)10(16-8)14-5-7-1-2-9(18)15-7/h3-4,6-7H,1-2,5H2,(H,14,16)(H,15,18). The number of nitrogens with one attached hydrogen (secondary N) is 2. The van der Waals surface area contributed by atoms with Crippen molar-refractivity contribution in [1.29, 1.82) is 0 Å². The quantitative estimate of drug-likeness (QED) is 0.893. The number of nitrogens with zero attached hydrogens (tertiary/aromatic N) is 3. The molecule has 2 aromatic heterocycles. The fourth-order valence-electron chi connectivity index (χ4n) is 2.07. The molecular weight excluding hydrogens is 298 g/mol. The van der Waals surface area contributed by atoms with E-state index in [2.05, 4.69) is 36.5 Å². The summed E-state index contributed by atoms with van der Waals surface area (Å²) in [7, 11) is 0. The molecule has 1 unspecified atom stereocenters. The van der Waals surface area contributed by atoms with Gasteiger partial charge in [0.1, 0.15) is 4.60 Å². The van der Waals surface area contributed by atoms with Crippen LogP contribution in [0.15, 0.2) is 23.2 Å². The van der Waals surface area contributed by atoms with Gasteiger partial charge in [-0.3, -0.25) is 4.79 Å². The third-order valence-electron chi connectivity index (χ3n) is 2.95. The maximum atomic E-state index is 11.1. The molecule has 0 aromatic carbocycles. The Hall–Kier alpha value is -1.63. The van der Waals surface area contributed by atoms with Gasteiger partial charge in [0, 0.05) is 37.6 Å². The van der Waals surface area contributed by atoms with Gasteiger partial charge in [0.05, 0.1) is 0 Å². The highest BCUT2D eigenvalue weighted by Gasteiger charge is 2.20. The number of hydrogen-bond acceptors (Lipinski definition) is 4. The molecule has 1 aliphatic heterocycles. The van der Waals surface area contributed by atoms with Crippen LogP contribution in [-0.4, -0.2) is 32.9 Å². The van der Waals surface area contributed by atoms with Crippen LogP contribution in [0.1, 0.15) is 12.8 Å². The molecular formula is C11H12BrN5O. The molecule has 3 heterocycles. The van der Waals surface area contributed by atoms with Crippen LogP contribution in [0.4, 0.5) is 5.82 Å². The molecule has 6 nitrogen and oxygen atoms in total. The molecule has 7 heteroatoms. The molecule has 1 amide bonds. The number of fused-ring (bicyclic) bond motifs is 1. The van der Waals surface area contributed by atoms with Crippen molar-refractivity contribution in [3.8, 4) is 0 Å². The maximum Gasteiger partial charge on any atom is 0.220 e. The van der Waals surface area contributed by atoms with E-state index in [1.54, 1.807) is 6.20 Å². The lowest BCUT2D eigenvalue weighted by Crippen LogP contribution is -2.32. The van der Waals surface area contributed by atoms with E-state index in [4.69, 9.17) is 0 Å². The Morgan fingerprint density at radius 1 is 1.61 bits per heavy atom. The number of halogens is 1. The van der Waals surface area contributed by atoms with Gasteiger partial charge in [0.2, 0.25) is 5.91 Å². The van der Waals surface area contributed by atoms with Crippen LogP contribution in [0.3, 0.4) is 0 Å². The van der Waals surface area contributed by atoms with Gasteiger partial charge in [-0.2, -0.15) is 0 Å². The van der Waals surface area contributed by atoms with Gasteiger partial charge in [0.25, 0.3) is 0 Å². The Bertz CT molecular complexity index is 596. The van der Waals surface area contributed by atoms with Crippen molar-refractivity contribution in [3.05, 3.63) is 23.2 Å². The molecule has 0 radical (unpaired) electrons. The average Bonchev–Trinajstić information content (AvgIpc) is 2.94. The van der Waals surface area contributed by atoms with E-state index in [9.17, 15) is 4.79 Å². The molecule has 0 spiro atoms. The van der Waals surface area contributed by atoms with Crippen LogP contribution < -0.4 is 10.6 Å². The average molecular weight is 310 g/mol. The van der Waals surface area contributed by atoms with E-state index in [1.165, 1.54) is 0 Å². The maximum absolute atomic E-state index is 11.1. The summed E-state index contributed by atoms with van der Waals surface area (Å²) in [5.74, 6) is 0.838. The predicted octanol–water partition coefficient (Wildman–Crippen LogP) is 1.18. The third kappa shape index (κ3) is 2.17. The van der Waals surface area contributed by atoms with Gasteiger partial charge in [-0.25, -0.2) is 9.97 Å². The van der Waals surface area contributed by atoms with Crippen LogP contribution in [0.25, 0.3) is 5.65 Å². The summed E-state index contributed by atoms with van der Waals surface area (Å²) in [6, 6.07) is 0.174. The second-order valence-corrected chi connectivity index (χ2v) is 5.07. The Morgan fingerprint density at radius 2 is 2.50 bits per heavy atom. The van der Waals surface area contributed by atoms with Gasteiger partial charge < -0.3 is 15.0 Å². The molecule has 1 atom stereocenters. The second kappa shape index (κ2) is 4.56. The minimum Gasteiger partial charge on any atom is -0.365 e. The Labute approximate surface area is 112 Å². The highest BCUT2D eigenvalue weighted by molar-refractivity contribution is 9.10. The van der Waals surface area contributed by atoms with Crippen LogP contribution >= 0.6 is 15.9 Å². The number of imidazole rings is 1. The summed E-state index contributed by atoms with van der Waals surface area (Å²) in [5.41, 5.74) is 0.780. The number of carbonyl (C=O) groups is 1. The predicted molar refractivity (Wildman–Crippen MR) is 70.3 cm³/mol. The first-order valence-electron chi connectivity index (χ1n) is 5.75. The zero-order valence-corrected chi connectivity index (χ0v) is 11.1. The van der Waals surface area contributed by atoms with E-state index in [0.29, 0.717) is 13.0 Å². The highest BCUT2D eigenvalue weighted by Crippen LogP contribution is 2.17. The summed E-state index contributed by atoms with van der Waals surface area (Å²) in [4.78, 5) is 19.7. The van der Waals surface area contributed by atoms with Crippen molar-refractivity contribution in [2.24, 2.45) is 0 Å². The van der Waals surface area contributed by atoms with Gasteiger partial charge >= 0.3 is 0 Å². The second-order valence-electron chi connectivity index (χ2n) is 4.25. The summed E-state index contributed by atoms with van der Waals surface area (Å²) in [6.45, 7) is 0.664. The number of rotatable bonds is 3. The largest absolute Gasteiger partial charge is 0.365 e. The first-order chi connectivity index (χ1) is 8.72. The van der Waals surface area contributed by atoms with Crippen molar-refractivity contribution in [2.45, 2.75) is 18.9 Å². The molecule has 0 bridgehead atoms. The van der Waals surface area contributed by atoms with E-state index >= 15 is 0 Å². The summed E-state index contributed by atoms with van der Waals surface area (Å²) in [5, 5.41) is 6.15. The molecule has 2 N–H and O–H groups in total. The fraction of sp³-hybridized carbons (Fsp3) is 0.364. The molecule has 1 saturated heterocycles. The summed E-state index contributed by atoms with van der Waals surface area (Å²) in [6.07, 6.45) is 6.92. The minimum atomic E-state index is 0.120. The van der Waals surface area contributed by atoms with Crippen molar-refractivity contribution < 1.29 is 4.79 Å². The van der Waals surface area contributed by atoms with Crippen LogP contribution in [0, 0.1) is 0 Å². The molecule has 1 aliphatic rings. The van der Waals surface area contributed by atoms with Gasteiger partial charge in [-0.15, -0.1) is 0 Å². The summed E-state index contributed by atoms with van der Waals surface area (Å²) >= 11 is 3.36. The van der Waals surface area contributed by atoms with E-state index in [0.717, 1.165) is 22.5 Å². The molecule has 0 aliphatic carbocycles. The third-order valence-corrected chi connectivity index (χ3v) is 3.33. The topological polar surface area (TPSA) is 71.3 Å². The molecule has 1 fully saturated rings. The van der Waals surface area contributed by atoms with Crippen molar-refractivity contribution in [3.63, 3.8) is 0 Å². The molecule has 3 rings (SSSR count). The number of amides is 1. The van der Waals surface area contributed by atoms with E-state index in [-0.39, 0.29) is 11.9 Å². The lowest BCUT2D eigenvalue weighted by Gasteiger charge is -2.12. The van der Waals surface area contributed by atoms with Crippen LogP contribution in [-0.2, 0) is 4.79 Å². The van der Waals surface area contributed by atoms with Crippen LogP contribution in [0.5, 0.6) is 0 Å². The SMILES string of the molecule is O=C1CCC(CNc2nc(Br)cn3ccnc23)N1. The normalized spacial score (nSPS) is 19.2. The number of anilines is 1. The van der Waals surface area contributed by atoms with Gasteiger partial charge in [-0.1, -0.05) is 0 Å². The van der Waals surface area contributed by atoms with Crippen molar-refractivity contribution in [1.82, 2.24) is 19.7 Å². The summed E-state index contributed by atoms with van der Waals surface area (Å²) < 4.78 is 2.64. The smallest absolute Gasteiger partial charge is 0.220 e. The van der Waals surface area contributed by atoms with E-state index in [1.807, 2.05) is 16.8 Å². The Morgan fingerprint density at radius 3 is 3.28 bits per heavy atom. The molecule has 2 aromatic rings. The van der Waals surface area contributed by atoms with Crippen molar-refractivity contribution >= 4 is 33.3 Å². The first kappa shape index (κ1) is 11.5. The number of aromatic nitrogens is 3. The number of hydrogen-bond donors (Lipinski definition) is 2. The first-order valence-corrected chi connectivity index (χ1v) is 6.54. The van der Waals surface area contributed by atoms with Gasteiger partial charge in [-0.05, 0) is 22.4 Å². The fourth-order valence-corrected chi connectivity index (χ4v) is 2.47.